The third-order valence-electron chi connectivity index (χ3n) is 7.34. The van der Waals surface area contributed by atoms with Crippen molar-refractivity contribution in [3.05, 3.63) is 82.9 Å². The Bertz CT molecular complexity index is 1430. The van der Waals surface area contributed by atoms with E-state index >= 15 is 0 Å². The van der Waals surface area contributed by atoms with Gasteiger partial charge in [-0.3, -0.25) is 4.79 Å². The summed E-state index contributed by atoms with van der Waals surface area (Å²) in [5.74, 6) is -0.854. The summed E-state index contributed by atoms with van der Waals surface area (Å²) in [4.78, 5) is 45.3. The number of nitrogens with one attached hydrogen (secondary N) is 3. The Morgan fingerprint density at radius 2 is 1.40 bits per heavy atom. The summed E-state index contributed by atoms with van der Waals surface area (Å²) >= 11 is 1.27. The topological polar surface area (TPSA) is 179 Å². The Hall–Kier alpha value is -4.20. The number of carbonyl (C=O) groups is 3. The van der Waals surface area contributed by atoms with E-state index in [2.05, 4.69) is 20.9 Å². The van der Waals surface area contributed by atoms with Gasteiger partial charge in [-0.05, 0) is 50.7 Å². The number of alkyl carbamates (subject to hydrolysis) is 1. The fraction of sp³-hybridized carbons (Fsp3) is 0.471. The van der Waals surface area contributed by atoms with E-state index in [1.54, 1.807) is 47.0 Å². The van der Waals surface area contributed by atoms with E-state index in [0.29, 0.717) is 10.8 Å². The zero-order valence-corrected chi connectivity index (χ0v) is 28.7. The standard InChI is InChI=1S/C34H48N6O6S/c1-21(2)27(39-32(44)40(6)19-24-20-47-31(35)36-24)30(43)37-25(17-22-13-9-7-10-14-22)28(41)29(42)26(18-23-15-11-8-12-16-23)38-33(45)46-34(3,4)5/h7-16,20-21,25-29,41-42H,17-19H2,1-6H3,(H2,35,36)(H,37,43)(H,38,45)(H,39,44)/t25-,26-,27-,28-,29+/m0/s1. The van der Waals surface area contributed by atoms with Crippen molar-refractivity contribution in [1.29, 1.82) is 0 Å². The monoisotopic (exact) mass is 668 g/mol. The minimum atomic E-state index is -1.52. The number of amides is 4. The number of thiazole rings is 1. The highest BCUT2D eigenvalue weighted by molar-refractivity contribution is 7.13. The lowest BCUT2D eigenvalue weighted by atomic mass is 9.90. The molecule has 5 atom stereocenters. The largest absolute Gasteiger partial charge is 0.444 e. The maximum Gasteiger partial charge on any atom is 0.407 e. The van der Waals surface area contributed by atoms with Crippen molar-refractivity contribution >= 4 is 34.5 Å². The number of carbonyl (C=O) groups excluding carboxylic acids is 3. The maximum atomic E-state index is 13.8. The Morgan fingerprint density at radius 1 is 0.894 bits per heavy atom. The highest BCUT2D eigenvalue weighted by Crippen LogP contribution is 2.17. The van der Waals surface area contributed by atoms with Gasteiger partial charge in [0.25, 0.3) is 0 Å². The number of hydrogen-bond acceptors (Lipinski definition) is 9. The molecule has 47 heavy (non-hydrogen) atoms. The molecule has 0 saturated heterocycles. The van der Waals surface area contributed by atoms with Gasteiger partial charge in [0, 0.05) is 12.4 Å². The second kappa shape index (κ2) is 17.1. The van der Waals surface area contributed by atoms with Crippen LogP contribution in [0.1, 0.15) is 51.4 Å². The highest BCUT2D eigenvalue weighted by atomic mass is 32.1. The van der Waals surface area contributed by atoms with Crippen molar-refractivity contribution in [3.8, 4) is 0 Å². The van der Waals surface area contributed by atoms with Gasteiger partial charge in [-0.2, -0.15) is 0 Å². The minimum Gasteiger partial charge on any atom is -0.444 e. The number of aliphatic hydroxyl groups excluding tert-OH is 2. The second-order valence-corrected chi connectivity index (χ2v) is 13.8. The first-order valence-corrected chi connectivity index (χ1v) is 16.5. The van der Waals surface area contributed by atoms with Crippen LogP contribution >= 0.6 is 11.3 Å². The fourth-order valence-electron chi connectivity index (χ4n) is 4.95. The molecule has 2 aromatic carbocycles. The third kappa shape index (κ3) is 12.2. The maximum absolute atomic E-state index is 13.8. The van der Waals surface area contributed by atoms with Gasteiger partial charge in [-0.1, -0.05) is 74.5 Å². The molecule has 3 rings (SSSR count). The second-order valence-electron chi connectivity index (χ2n) is 12.9. The predicted molar refractivity (Wildman–Crippen MR) is 183 cm³/mol. The van der Waals surface area contributed by atoms with Crippen LogP contribution in [0.15, 0.2) is 66.0 Å². The Kier molecular flexibility index (Phi) is 13.6. The average Bonchev–Trinajstić information content (AvgIpc) is 3.42. The molecule has 0 radical (unpaired) electrons. The number of anilines is 1. The van der Waals surface area contributed by atoms with Crippen molar-refractivity contribution in [3.63, 3.8) is 0 Å². The molecule has 7 N–H and O–H groups in total. The summed E-state index contributed by atoms with van der Waals surface area (Å²) in [6, 6.07) is 15.0. The van der Waals surface area contributed by atoms with Crippen LogP contribution in [0.3, 0.4) is 0 Å². The van der Waals surface area contributed by atoms with Gasteiger partial charge in [-0.15, -0.1) is 11.3 Å². The molecule has 256 valence electrons. The van der Waals surface area contributed by atoms with Gasteiger partial charge in [0.1, 0.15) is 23.9 Å². The zero-order chi connectivity index (χ0) is 34.7. The molecule has 0 aliphatic heterocycles. The van der Waals surface area contributed by atoms with Crippen molar-refractivity contribution in [2.45, 2.75) is 89.9 Å². The van der Waals surface area contributed by atoms with Crippen molar-refractivity contribution < 1.29 is 29.3 Å². The average molecular weight is 669 g/mol. The Labute approximate surface area is 280 Å². The smallest absolute Gasteiger partial charge is 0.407 e. The molecule has 1 aromatic heterocycles. The number of nitrogens with two attached hydrogens (primary N) is 1. The van der Waals surface area contributed by atoms with E-state index < -0.39 is 54.0 Å². The summed E-state index contributed by atoms with van der Waals surface area (Å²) in [5.41, 5.74) is 7.17. The van der Waals surface area contributed by atoms with Gasteiger partial charge in [0.05, 0.1) is 24.3 Å². The number of nitrogen functional groups attached to an aromatic ring is 1. The number of rotatable bonds is 14. The first kappa shape index (κ1) is 37.3. The van der Waals surface area contributed by atoms with Gasteiger partial charge < -0.3 is 41.5 Å². The number of benzene rings is 2. The summed E-state index contributed by atoms with van der Waals surface area (Å²) in [6.07, 6.45) is -3.43. The van der Waals surface area contributed by atoms with Crippen LogP contribution in [0, 0.1) is 5.92 Å². The molecular weight excluding hydrogens is 620 g/mol. The highest BCUT2D eigenvalue weighted by Gasteiger charge is 2.37. The molecule has 13 heteroatoms. The third-order valence-corrected chi connectivity index (χ3v) is 8.07. The van der Waals surface area contributed by atoms with Gasteiger partial charge in [0.2, 0.25) is 5.91 Å². The fourth-order valence-corrected chi connectivity index (χ4v) is 5.50. The molecule has 1 heterocycles. The molecule has 0 aliphatic rings. The lowest BCUT2D eigenvalue weighted by molar-refractivity contribution is -0.126. The van der Waals surface area contributed by atoms with Crippen molar-refractivity contribution in [1.82, 2.24) is 25.8 Å². The lowest BCUT2D eigenvalue weighted by Gasteiger charge is -2.34. The molecule has 0 unspecified atom stereocenters. The van der Waals surface area contributed by atoms with E-state index in [9.17, 15) is 24.6 Å². The first-order valence-electron chi connectivity index (χ1n) is 15.6. The molecule has 0 aliphatic carbocycles. The van der Waals surface area contributed by atoms with E-state index in [-0.39, 0.29) is 25.3 Å². The van der Waals surface area contributed by atoms with Crippen LogP contribution in [0.2, 0.25) is 0 Å². The number of nitrogens with zero attached hydrogens (tertiary/aromatic N) is 2. The van der Waals surface area contributed by atoms with Gasteiger partial charge >= 0.3 is 12.1 Å². The van der Waals surface area contributed by atoms with E-state index in [1.165, 1.54) is 16.2 Å². The number of aromatic nitrogens is 1. The molecule has 0 fully saturated rings. The van der Waals surface area contributed by atoms with Crippen molar-refractivity contribution in [2.24, 2.45) is 5.92 Å². The normalized spacial score (nSPS) is 14.7. The summed E-state index contributed by atoms with van der Waals surface area (Å²) in [5, 5.41) is 33.8. The van der Waals surface area contributed by atoms with Crippen LogP contribution in [0.4, 0.5) is 14.7 Å². The first-order chi connectivity index (χ1) is 22.1. The quantitative estimate of drug-likeness (QED) is 0.151. The number of hydrogen-bond donors (Lipinski definition) is 6. The summed E-state index contributed by atoms with van der Waals surface area (Å²) in [6.45, 7) is 8.97. The number of ether oxygens (including phenoxy) is 1. The molecule has 0 spiro atoms. The number of urea groups is 1. The van der Waals surface area contributed by atoms with E-state index in [4.69, 9.17) is 10.5 Å². The number of aliphatic hydroxyl groups is 2. The molecule has 0 saturated carbocycles. The predicted octanol–water partition coefficient (Wildman–Crippen LogP) is 3.48. The van der Waals surface area contributed by atoms with Crippen LogP contribution in [-0.2, 0) is 28.9 Å². The molecule has 3 aromatic rings. The molecule has 4 amide bonds. The summed E-state index contributed by atoms with van der Waals surface area (Å²) < 4.78 is 5.44. The minimum absolute atomic E-state index is 0.166. The molecule has 12 nitrogen and oxygen atoms in total. The lowest BCUT2D eigenvalue weighted by Crippen LogP contribution is -2.60. The van der Waals surface area contributed by atoms with Crippen LogP contribution in [0.5, 0.6) is 0 Å². The van der Waals surface area contributed by atoms with E-state index in [1.807, 2.05) is 60.7 Å². The SMILES string of the molecule is CC(C)[C@H](NC(=O)N(C)Cc1csc(N)n1)C(=O)N[C@@H](Cc1ccccc1)[C@H](O)[C@H](O)[C@H](Cc1ccccc1)NC(=O)OC(C)(C)C. The molecular formula is C34H48N6O6S. The van der Waals surface area contributed by atoms with Crippen LogP contribution < -0.4 is 21.7 Å². The Morgan fingerprint density at radius 3 is 1.85 bits per heavy atom. The van der Waals surface area contributed by atoms with E-state index in [0.717, 1.165) is 11.1 Å². The zero-order valence-electron chi connectivity index (χ0n) is 27.8. The summed E-state index contributed by atoms with van der Waals surface area (Å²) in [7, 11) is 1.59. The molecule has 0 bridgehead atoms. The van der Waals surface area contributed by atoms with Crippen LogP contribution in [0.25, 0.3) is 0 Å². The van der Waals surface area contributed by atoms with Crippen molar-refractivity contribution in [2.75, 3.05) is 12.8 Å². The van der Waals surface area contributed by atoms with Crippen LogP contribution in [-0.4, -0.2) is 81.1 Å². The van der Waals surface area contributed by atoms with Gasteiger partial charge in [-0.25, -0.2) is 14.6 Å². The Balaban J connectivity index is 1.83. The van der Waals surface area contributed by atoms with Gasteiger partial charge in [0.15, 0.2) is 5.13 Å².